The predicted octanol–water partition coefficient (Wildman–Crippen LogP) is 0.279. The highest BCUT2D eigenvalue weighted by atomic mass is 16.4. The molecule has 2 N–H and O–H groups in total. The molecule has 1 saturated heterocycles. The molecule has 0 radical (unpaired) electrons. The number of aryl methyl sites for hydroxylation is 1. The molecule has 1 aromatic heterocycles. The normalized spacial score (nSPS) is 16.6. The van der Waals surface area contributed by atoms with Crippen LogP contribution < -0.4 is 11.0 Å². The second-order valence-corrected chi connectivity index (χ2v) is 6.32. The number of nitrogens with one attached hydrogen (secondary N) is 1. The maximum atomic E-state index is 12.7. The molecular weight excluding hydrogens is 352 g/mol. The Kier molecular flexibility index (Phi) is 4.73. The summed E-state index contributed by atoms with van der Waals surface area (Å²) in [5.41, 5.74) is 1.45. The molecule has 0 bridgehead atoms. The lowest BCUT2D eigenvalue weighted by molar-refractivity contribution is -0.135. The Bertz CT molecular complexity index is 1070. The Labute approximate surface area is 154 Å². The van der Waals surface area contributed by atoms with E-state index in [4.69, 9.17) is 5.11 Å². The van der Waals surface area contributed by atoms with Gasteiger partial charge in [0.2, 0.25) is 11.8 Å². The van der Waals surface area contributed by atoms with E-state index < -0.39 is 18.0 Å². The monoisotopic (exact) mass is 370 g/mol. The molecule has 3 rings (SSSR count). The molecule has 1 aromatic carbocycles. The summed E-state index contributed by atoms with van der Waals surface area (Å²) in [4.78, 5) is 48.0. The van der Waals surface area contributed by atoms with Crippen LogP contribution in [-0.2, 0) is 16.6 Å². The number of aromatic nitrogens is 2. The van der Waals surface area contributed by atoms with Crippen LogP contribution in [0.25, 0.3) is 11.0 Å². The van der Waals surface area contributed by atoms with Gasteiger partial charge < -0.3 is 10.0 Å². The van der Waals surface area contributed by atoms with E-state index in [1.807, 2.05) is 0 Å². The molecule has 0 aliphatic carbocycles. The number of carboxylic acid groups (broad SMARTS) is 1. The topological polar surface area (TPSA) is 114 Å². The standard InChI is InChI=1S/C18H18N4O5/c1-20(18(26)27)9-3-4-11-5-6-12-14(10-11)21(2)17(25)22(12)13-7-8-15(23)19-16(13)24/h5-6,10,13H,7-9H2,1-2H3,(H,26,27)(H,19,23,24). The van der Waals surface area contributed by atoms with Gasteiger partial charge in [0.25, 0.3) is 0 Å². The summed E-state index contributed by atoms with van der Waals surface area (Å²) in [6, 6.07) is 4.39. The largest absolute Gasteiger partial charge is 0.465 e. The van der Waals surface area contributed by atoms with E-state index in [1.54, 1.807) is 25.2 Å². The van der Waals surface area contributed by atoms with Crippen molar-refractivity contribution in [2.45, 2.75) is 18.9 Å². The predicted molar refractivity (Wildman–Crippen MR) is 96.1 cm³/mol. The number of piperidine rings is 1. The van der Waals surface area contributed by atoms with Crippen LogP contribution >= 0.6 is 0 Å². The van der Waals surface area contributed by atoms with E-state index >= 15 is 0 Å². The molecular formula is C18H18N4O5. The fraction of sp³-hybridized carbons (Fsp3) is 0.333. The molecule has 140 valence electrons. The zero-order valence-corrected chi connectivity index (χ0v) is 14.9. The highest BCUT2D eigenvalue weighted by Gasteiger charge is 2.31. The number of amides is 3. The number of imidazole rings is 1. The Morgan fingerprint density at radius 2 is 2.07 bits per heavy atom. The number of rotatable bonds is 2. The van der Waals surface area contributed by atoms with Gasteiger partial charge in [-0.15, -0.1) is 0 Å². The third-order valence-corrected chi connectivity index (χ3v) is 4.49. The van der Waals surface area contributed by atoms with Crippen LogP contribution in [0.2, 0.25) is 0 Å². The van der Waals surface area contributed by atoms with Crippen molar-refractivity contribution in [2.75, 3.05) is 13.6 Å². The molecule has 1 aliphatic heterocycles. The van der Waals surface area contributed by atoms with Gasteiger partial charge in [-0.2, -0.15) is 0 Å². The van der Waals surface area contributed by atoms with Gasteiger partial charge in [-0.25, -0.2) is 9.59 Å². The summed E-state index contributed by atoms with van der Waals surface area (Å²) < 4.78 is 2.82. The second-order valence-electron chi connectivity index (χ2n) is 6.32. The molecule has 9 heteroatoms. The molecule has 0 saturated carbocycles. The molecule has 9 nitrogen and oxygen atoms in total. The number of hydrogen-bond acceptors (Lipinski definition) is 4. The van der Waals surface area contributed by atoms with Crippen molar-refractivity contribution in [1.82, 2.24) is 19.4 Å². The minimum Gasteiger partial charge on any atom is -0.465 e. The smallest absolute Gasteiger partial charge is 0.407 e. The van der Waals surface area contributed by atoms with Gasteiger partial charge in [0.1, 0.15) is 6.04 Å². The van der Waals surface area contributed by atoms with E-state index in [1.165, 1.54) is 16.2 Å². The fourth-order valence-corrected chi connectivity index (χ4v) is 3.00. The number of fused-ring (bicyclic) bond motifs is 1. The first-order valence-corrected chi connectivity index (χ1v) is 8.27. The van der Waals surface area contributed by atoms with Crippen molar-refractivity contribution in [3.8, 4) is 11.8 Å². The van der Waals surface area contributed by atoms with Crippen molar-refractivity contribution in [2.24, 2.45) is 7.05 Å². The minimum absolute atomic E-state index is 0.0591. The van der Waals surface area contributed by atoms with Gasteiger partial charge >= 0.3 is 11.8 Å². The highest BCUT2D eigenvalue weighted by Crippen LogP contribution is 2.23. The molecule has 27 heavy (non-hydrogen) atoms. The van der Waals surface area contributed by atoms with Gasteiger partial charge in [0.15, 0.2) is 0 Å². The zero-order valence-electron chi connectivity index (χ0n) is 14.9. The van der Waals surface area contributed by atoms with Crippen molar-refractivity contribution < 1.29 is 19.5 Å². The second kappa shape index (κ2) is 6.99. The van der Waals surface area contributed by atoms with Gasteiger partial charge in [0.05, 0.1) is 17.6 Å². The SMILES string of the molecule is CN(CC#Cc1ccc2c(c1)n(C)c(=O)n2C1CCC(=O)NC1=O)C(=O)O. The average molecular weight is 370 g/mol. The van der Waals surface area contributed by atoms with E-state index in [2.05, 4.69) is 17.2 Å². The molecule has 0 spiro atoms. The minimum atomic E-state index is -1.07. The van der Waals surface area contributed by atoms with E-state index in [-0.39, 0.29) is 31.0 Å². The van der Waals surface area contributed by atoms with Crippen molar-refractivity contribution in [1.29, 1.82) is 0 Å². The molecule has 2 heterocycles. The van der Waals surface area contributed by atoms with Crippen LogP contribution in [0.1, 0.15) is 24.4 Å². The number of carbonyl (C=O) groups excluding carboxylic acids is 2. The Balaban J connectivity index is 1.98. The van der Waals surface area contributed by atoms with Crippen LogP contribution in [0, 0.1) is 11.8 Å². The van der Waals surface area contributed by atoms with Crippen LogP contribution in [0.5, 0.6) is 0 Å². The maximum absolute atomic E-state index is 12.7. The first-order valence-electron chi connectivity index (χ1n) is 8.27. The fourth-order valence-electron chi connectivity index (χ4n) is 3.00. The zero-order chi connectivity index (χ0) is 19.7. The molecule has 1 atom stereocenters. The number of nitrogens with zero attached hydrogens (tertiary/aromatic N) is 3. The van der Waals surface area contributed by atoms with Crippen LogP contribution in [0.15, 0.2) is 23.0 Å². The van der Waals surface area contributed by atoms with E-state index in [0.717, 1.165) is 4.90 Å². The molecule has 2 aromatic rings. The van der Waals surface area contributed by atoms with Crippen LogP contribution in [-0.4, -0.2) is 50.6 Å². The molecule has 1 unspecified atom stereocenters. The van der Waals surface area contributed by atoms with Gasteiger partial charge in [-0.3, -0.25) is 24.0 Å². The highest BCUT2D eigenvalue weighted by molar-refractivity contribution is 6.00. The summed E-state index contributed by atoms with van der Waals surface area (Å²) in [5, 5.41) is 11.1. The summed E-state index contributed by atoms with van der Waals surface area (Å²) in [6.07, 6.45) is -0.615. The Hall–Kier alpha value is -3.54. The molecule has 3 amide bonds. The lowest BCUT2D eigenvalue weighted by Gasteiger charge is -2.21. The average Bonchev–Trinajstić information content (AvgIpc) is 2.86. The third kappa shape index (κ3) is 3.42. The van der Waals surface area contributed by atoms with E-state index in [9.17, 15) is 19.2 Å². The van der Waals surface area contributed by atoms with Crippen molar-refractivity contribution in [3.05, 3.63) is 34.2 Å². The van der Waals surface area contributed by atoms with Gasteiger partial charge in [-0.05, 0) is 24.6 Å². The lowest BCUT2D eigenvalue weighted by Crippen LogP contribution is -2.44. The summed E-state index contributed by atoms with van der Waals surface area (Å²) in [5.74, 6) is 4.81. The summed E-state index contributed by atoms with van der Waals surface area (Å²) >= 11 is 0. The quantitative estimate of drug-likeness (QED) is 0.582. The number of carbonyl (C=O) groups is 3. The maximum Gasteiger partial charge on any atom is 0.407 e. The van der Waals surface area contributed by atoms with Crippen molar-refractivity contribution >= 4 is 28.9 Å². The first kappa shape index (κ1) is 18.3. The summed E-state index contributed by atoms with van der Waals surface area (Å²) in [6.45, 7) is 0.0591. The van der Waals surface area contributed by atoms with Gasteiger partial charge in [-0.1, -0.05) is 11.8 Å². The summed E-state index contributed by atoms with van der Waals surface area (Å²) in [7, 11) is 3.02. The molecule has 1 fully saturated rings. The molecule has 1 aliphatic rings. The van der Waals surface area contributed by atoms with Crippen LogP contribution in [0.4, 0.5) is 4.79 Å². The first-order chi connectivity index (χ1) is 12.8. The Morgan fingerprint density at radius 1 is 1.33 bits per heavy atom. The third-order valence-electron chi connectivity index (χ3n) is 4.49. The Morgan fingerprint density at radius 3 is 2.74 bits per heavy atom. The number of benzene rings is 1. The number of hydrogen-bond donors (Lipinski definition) is 2. The van der Waals surface area contributed by atoms with Crippen LogP contribution in [0.3, 0.4) is 0 Å². The van der Waals surface area contributed by atoms with E-state index in [0.29, 0.717) is 16.6 Å². The lowest BCUT2D eigenvalue weighted by atomic mass is 10.1. The van der Waals surface area contributed by atoms with Gasteiger partial charge in [0, 0.05) is 26.1 Å². The number of imide groups is 1. The van der Waals surface area contributed by atoms with Crippen molar-refractivity contribution in [3.63, 3.8) is 0 Å².